The van der Waals surface area contributed by atoms with Gasteiger partial charge in [0.1, 0.15) is 11.6 Å². The molecular formula is C19H24N4. The molecule has 1 aliphatic heterocycles. The van der Waals surface area contributed by atoms with Gasteiger partial charge in [-0.15, -0.1) is 0 Å². The van der Waals surface area contributed by atoms with Gasteiger partial charge >= 0.3 is 0 Å². The van der Waals surface area contributed by atoms with E-state index in [1.54, 1.807) is 0 Å². The molecule has 0 N–H and O–H groups in total. The van der Waals surface area contributed by atoms with Gasteiger partial charge < -0.3 is 9.80 Å². The van der Waals surface area contributed by atoms with Crippen LogP contribution in [0.4, 0.5) is 11.5 Å². The molecule has 120 valence electrons. The minimum Gasteiger partial charge on any atom is -0.368 e. The zero-order valence-electron chi connectivity index (χ0n) is 14.0. The molecule has 1 saturated carbocycles. The molecule has 0 bridgehead atoms. The van der Waals surface area contributed by atoms with Crippen LogP contribution in [0.15, 0.2) is 30.5 Å². The normalized spacial score (nSPS) is 18.3. The van der Waals surface area contributed by atoms with E-state index in [0.717, 1.165) is 37.8 Å². The zero-order chi connectivity index (χ0) is 15.8. The van der Waals surface area contributed by atoms with Crippen molar-refractivity contribution in [2.24, 2.45) is 0 Å². The van der Waals surface area contributed by atoms with Gasteiger partial charge in [0.2, 0.25) is 0 Å². The van der Waals surface area contributed by atoms with Crippen molar-refractivity contribution in [1.82, 2.24) is 9.97 Å². The van der Waals surface area contributed by atoms with E-state index in [4.69, 9.17) is 4.98 Å². The number of aryl methyl sites for hydroxylation is 2. The largest absolute Gasteiger partial charge is 0.368 e. The molecule has 0 radical (unpaired) electrons. The zero-order valence-corrected chi connectivity index (χ0v) is 14.0. The third-order valence-corrected chi connectivity index (χ3v) is 4.90. The second kappa shape index (κ2) is 5.84. The van der Waals surface area contributed by atoms with Crippen LogP contribution >= 0.6 is 0 Å². The molecule has 0 spiro atoms. The fourth-order valence-corrected chi connectivity index (χ4v) is 3.41. The summed E-state index contributed by atoms with van der Waals surface area (Å²) >= 11 is 0. The average molecular weight is 308 g/mol. The Kier molecular flexibility index (Phi) is 3.68. The maximum atomic E-state index is 4.78. The van der Waals surface area contributed by atoms with Gasteiger partial charge in [0.25, 0.3) is 0 Å². The molecule has 0 atom stereocenters. The molecule has 2 heterocycles. The predicted molar refractivity (Wildman–Crippen MR) is 94.3 cm³/mol. The van der Waals surface area contributed by atoms with E-state index in [9.17, 15) is 0 Å². The van der Waals surface area contributed by atoms with Crippen LogP contribution in [0.2, 0.25) is 0 Å². The summed E-state index contributed by atoms with van der Waals surface area (Å²) in [6.07, 6.45) is 4.43. The van der Waals surface area contributed by atoms with Gasteiger partial charge in [-0.1, -0.05) is 17.7 Å². The number of anilines is 2. The molecule has 0 amide bonds. The van der Waals surface area contributed by atoms with Crippen LogP contribution in [0.5, 0.6) is 0 Å². The van der Waals surface area contributed by atoms with Crippen molar-refractivity contribution in [1.29, 1.82) is 0 Å². The molecule has 4 rings (SSSR count). The third kappa shape index (κ3) is 3.03. The van der Waals surface area contributed by atoms with Gasteiger partial charge in [-0.05, 0) is 44.4 Å². The van der Waals surface area contributed by atoms with Gasteiger partial charge in [0, 0.05) is 44.0 Å². The van der Waals surface area contributed by atoms with E-state index in [0.29, 0.717) is 5.92 Å². The molecule has 2 aliphatic rings. The SMILES string of the molecule is Cc1ccc(N2CCN(c3ccnc(C4CC4)n3)CC2)c(C)c1. The molecule has 1 aliphatic carbocycles. The van der Waals surface area contributed by atoms with Gasteiger partial charge in [-0.3, -0.25) is 0 Å². The number of hydrogen-bond acceptors (Lipinski definition) is 4. The highest BCUT2D eigenvalue weighted by atomic mass is 15.3. The van der Waals surface area contributed by atoms with Crippen LogP contribution in [-0.2, 0) is 0 Å². The Hall–Kier alpha value is -2.10. The summed E-state index contributed by atoms with van der Waals surface area (Å²) in [6, 6.07) is 8.80. The lowest BCUT2D eigenvalue weighted by Gasteiger charge is -2.37. The van der Waals surface area contributed by atoms with E-state index in [-0.39, 0.29) is 0 Å². The Morgan fingerprint density at radius 1 is 0.957 bits per heavy atom. The van der Waals surface area contributed by atoms with E-state index in [1.165, 1.54) is 29.7 Å². The van der Waals surface area contributed by atoms with Crippen molar-refractivity contribution in [2.75, 3.05) is 36.0 Å². The number of rotatable bonds is 3. The van der Waals surface area contributed by atoms with Crippen LogP contribution in [0.25, 0.3) is 0 Å². The summed E-state index contributed by atoms with van der Waals surface area (Å²) in [4.78, 5) is 14.1. The third-order valence-electron chi connectivity index (χ3n) is 4.90. The molecule has 4 nitrogen and oxygen atoms in total. The van der Waals surface area contributed by atoms with Crippen molar-refractivity contribution in [3.05, 3.63) is 47.4 Å². The standard InChI is InChI=1S/C19H24N4/c1-14-3-6-17(15(2)13-14)22-9-11-23(12-10-22)18-7-8-20-19(21-18)16-4-5-16/h3,6-8,13,16H,4-5,9-12H2,1-2H3. The maximum Gasteiger partial charge on any atom is 0.133 e. The Morgan fingerprint density at radius 2 is 1.70 bits per heavy atom. The number of aromatic nitrogens is 2. The minimum atomic E-state index is 0.617. The summed E-state index contributed by atoms with van der Waals surface area (Å²) < 4.78 is 0. The smallest absolute Gasteiger partial charge is 0.133 e. The monoisotopic (exact) mass is 308 g/mol. The quantitative estimate of drug-likeness (QED) is 0.871. The van der Waals surface area contributed by atoms with Crippen molar-refractivity contribution in [3.63, 3.8) is 0 Å². The van der Waals surface area contributed by atoms with E-state index in [1.807, 2.05) is 6.20 Å². The maximum absolute atomic E-state index is 4.78. The van der Waals surface area contributed by atoms with Crippen molar-refractivity contribution in [3.8, 4) is 0 Å². The van der Waals surface area contributed by atoms with Gasteiger partial charge in [-0.25, -0.2) is 9.97 Å². The van der Waals surface area contributed by atoms with Crippen molar-refractivity contribution < 1.29 is 0 Å². The lowest BCUT2D eigenvalue weighted by Crippen LogP contribution is -2.47. The Labute approximate surface area is 138 Å². The predicted octanol–water partition coefficient (Wildman–Crippen LogP) is 3.30. The summed E-state index contributed by atoms with van der Waals surface area (Å²) in [5.74, 6) is 2.76. The highest BCUT2D eigenvalue weighted by Gasteiger charge is 2.27. The van der Waals surface area contributed by atoms with Crippen LogP contribution in [-0.4, -0.2) is 36.1 Å². The van der Waals surface area contributed by atoms with Gasteiger partial charge in [0.05, 0.1) is 0 Å². The Balaban J connectivity index is 1.45. The topological polar surface area (TPSA) is 32.3 Å². The fourth-order valence-electron chi connectivity index (χ4n) is 3.41. The first-order chi connectivity index (χ1) is 11.2. The van der Waals surface area contributed by atoms with Crippen LogP contribution in [0.1, 0.15) is 35.7 Å². The first-order valence-electron chi connectivity index (χ1n) is 8.61. The molecule has 2 fully saturated rings. The molecule has 2 aromatic rings. The Bertz CT molecular complexity index is 700. The summed E-state index contributed by atoms with van der Waals surface area (Å²) in [5.41, 5.74) is 4.08. The molecule has 4 heteroatoms. The second-order valence-corrected chi connectivity index (χ2v) is 6.81. The molecule has 0 unspecified atom stereocenters. The lowest BCUT2D eigenvalue weighted by atomic mass is 10.1. The molecule has 1 aromatic heterocycles. The van der Waals surface area contributed by atoms with Crippen LogP contribution in [0.3, 0.4) is 0 Å². The van der Waals surface area contributed by atoms with Gasteiger partial charge in [-0.2, -0.15) is 0 Å². The van der Waals surface area contributed by atoms with Gasteiger partial charge in [0.15, 0.2) is 0 Å². The number of benzene rings is 1. The minimum absolute atomic E-state index is 0.617. The molecule has 1 saturated heterocycles. The number of piperazine rings is 1. The summed E-state index contributed by atoms with van der Waals surface area (Å²) in [7, 11) is 0. The number of nitrogens with zero attached hydrogens (tertiary/aromatic N) is 4. The summed E-state index contributed by atoms with van der Waals surface area (Å²) in [5, 5.41) is 0. The van der Waals surface area contributed by atoms with E-state index >= 15 is 0 Å². The van der Waals surface area contributed by atoms with E-state index < -0.39 is 0 Å². The second-order valence-electron chi connectivity index (χ2n) is 6.81. The Morgan fingerprint density at radius 3 is 2.39 bits per heavy atom. The average Bonchev–Trinajstić information content (AvgIpc) is 3.40. The molecular weight excluding hydrogens is 284 g/mol. The van der Waals surface area contributed by atoms with Crippen LogP contribution < -0.4 is 9.80 Å². The van der Waals surface area contributed by atoms with Crippen molar-refractivity contribution in [2.45, 2.75) is 32.6 Å². The lowest BCUT2D eigenvalue weighted by molar-refractivity contribution is 0.643. The van der Waals surface area contributed by atoms with E-state index in [2.05, 4.69) is 52.9 Å². The highest BCUT2D eigenvalue weighted by Crippen LogP contribution is 2.38. The fraction of sp³-hybridized carbons (Fsp3) is 0.474. The highest BCUT2D eigenvalue weighted by molar-refractivity contribution is 5.55. The number of hydrogen-bond donors (Lipinski definition) is 0. The molecule has 23 heavy (non-hydrogen) atoms. The van der Waals surface area contributed by atoms with Crippen molar-refractivity contribution >= 4 is 11.5 Å². The van der Waals surface area contributed by atoms with Crippen LogP contribution in [0, 0.1) is 13.8 Å². The molecule has 1 aromatic carbocycles. The first kappa shape index (κ1) is 14.5. The summed E-state index contributed by atoms with van der Waals surface area (Å²) in [6.45, 7) is 8.50. The first-order valence-corrected chi connectivity index (χ1v) is 8.61.